The van der Waals surface area contributed by atoms with Crippen molar-refractivity contribution in [1.29, 1.82) is 0 Å². The zero-order valence-electron chi connectivity index (χ0n) is 11.6. The topological polar surface area (TPSA) is 61.2 Å². The van der Waals surface area contributed by atoms with Gasteiger partial charge in [0.25, 0.3) is 5.56 Å². The van der Waals surface area contributed by atoms with Gasteiger partial charge in [-0.1, -0.05) is 35.9 Å². The standard InChI is InChI=1S/C16H11ClN2O3/c1-19-15(20)13-8-3-2-7-12(13)14(18-19)16(21)22-11-6-4-5-10(17)9-11/h2-9H,1H3. The Labute approximate surface area is 130 Å². The highest BCUT2D eigenvalue weighted by Crippen LogP contribution is 2.20. The maximum atomic E-state index is 12.4. The maximum absolute atomic E-state index is 12.4. The predicted octanol–water partition coefficient (Wildman–Crippen LogP) is 2.81. The molecule has 0 N–H and O–H groups in total. The summed E-state index contributed by atoms with van der Waals surface area (Å²) in [5, 5.41) is 5.35. The molecular formula is C16H11ClN2O3. The van der Waals surface area contributed by atoms with Gasteiger partial charge < -0.3 is 4.74 Å². The van der Waals surface area contributed by atoms with Gasteiger partial charge >= 0.3 is 5.97 Å². The minimum Gasteiger partial charge on any atom is -0.422 e. The molecule has 3 rings (SSSR count). The van der Waals surface area contributed by atoms with Crippen LogP contribution in [0.3, 0.4) is 0 Å². The van der Waals surface area contributed by atoms with Crippen molar-refractivity contribution in [3.63, 3.8) is 0 Å². The number of carbonyl (C=O) groups is 1. The molecule has 0 amide bonds. The van der Waals surface area contributed by atoms with Gasteiger partial charge in [-0.25, -0.2) is 9.48 Å². The van der Waals surface area contributed by atoms with E-state index in [4.69, 9.17) is 16.3 Å². The molecule has 1 heterocycles. The van der Waals surface area contributed by atoms with E-state index in [1.165, 1.54) is 13.1 Å². The van der Waals surface area contributed by atoms with Crippen LogP contribution in [0.1, 0.15) is 10.5 Å². The Balaban J connectivity index is 2.08. The molecule has 0 aliphatic heterocycles. The minimum atomic E-state index is -0.644. The number of esters is 1. The number of halogens is 1. The summed E-state index contributed by atoms with van der Waals surface area (Å²) in [5.74, 6) is -0.327. The molecule has 0 spiro atoms. The van der Waals surface area contributed by atoms with Gasteiger partial charge in [-0.2, -0.15) is 5.10 Å². The van der Waals surface area contributed by atoms with Crippen LogP contribution in [0.5, 0.6) is 5.75 Å². The van der Waals surface area contributed by atoms with E-state index >= 15 is 0 Å². The molecule has 0 atom stereocenters. The van der Waals surface area contributed by atoms with Gasteiger partial charge in [-0.3, -0.25) is 4.79 Å². The summed E-state index contributed by atoms with van der Waals surface area (Å²) in [7, 11) is 1.49. The van der Waals surface area contributed by atoms with Crippen molar-refractivity contribution in [2.24, 2.45) is 7.05 Å². The van der Waals surface area contributed by atoms with Crippen LogP contribution in [-0.4, -0.2) is 15.7 Å². The van der Waals surface area contributed by atoms with Crippen LogP contribution in [0, 0.1) is 0 Å². The van der Waals surface area contributed by atoms with E-state index in [1.807, 2.05) is 0 Å². The SMILES string of the molecule is Cn1nc(C(=O)Oc2cccc(Cl)c2)c2ccccc2c1=O. The molecule has 2 aromatic carbocycles. The van der Waals surface area contributed by atoms with Crippen molar-refractivity contribution < 1.29 is 9.53 Å². The smallest absolute Gasteiger partial charge is 0.364 e. The van der Waals surface area contributed by atoms with Crippen LogP contribution in [0.4, 0.5) is 0 Å². The molecule has 3 aromatic rings. The molecule has 0 saturated carbocycles. The Morgan fingerprint density at radius 3 is 2.59 bits per heavy atom. The van der Waals surface area contributed by atoms with Crippen molar-refractivity contribution in [2.75, 3.05) is 0 Å². The first kappa shape index (κ1) is 14.3. The lowest BCUT2D eigenvalue weighted by atomic mass is 10.1. The number of hydrogen-bond donors (Lipinski definition) is 0. The molecule has 6 heteroatoms. The fourth-order valence-corrected chi connectivity index (χ4v) is 2.32. The van der Waals surface area contributed by atoms with E-state index in [2.05, 4.69) is 5.10 Å². The molecule has 0 saturated heterocycles. The first-order chi connectivity index (χ1) is 10.6. The molecule has 0 aliphatic carbocycles. The maximum Gasteiger partial charge on any atom is 0.364 e. The van der Waals surface area contributed by atoms with Crippen LogP contribution in [0.2, 0.25) is 5.02 Å². The van der Waals surface area contributed by atoms with Crippen molar-refractivity contribution >= 4 is 28.3 Å². The van der Waals surface area contributed by atoms with E-state index in [0.29, 0.717) is 21.5 Å². The summed E-state index contributed by atoms with van der Waals surface area (Å²) in [6, 6.07) is 13.3. The Bertz CT molecular complexity index is 934. The average molecular weight is 315 g/mol. The molecule has 0 fully saturated rings. The van der Waals surface area contributed by atoms with Crippen LogP contribution in [0.25, 0.3) is 10.8 Å². The monoisotopic (exact) mass is 314 g/mol. The Morgan fingerprint density at radius 2 is 1.86 bits per heavy atom. The number of benzene rings is 2. The fourth-order valence-electron chi connectivity index (χ4n) is 2.14. The molecule has 0 radical (unpaired) electrons. The normalized spacial score (nSPS) is 10.6. The zero-order chi connectivity index (χ0) is 15.7. The molecule has 0 unspecified atom stereocenters. The van der Waals surface area contributed by atoms with E-state index < -0.39 is 5.97 Å². The Kier molecular flexibility index (Phi) is 3.65. The van der Waals surface area contributed by atoms with Crippen molar-refractivity contribution in [1.82, 2.24) is 9.78 Å². The van der Waals surface area contributed by atoms with E-state index in [9.17, 15) is 9.59 Å². The first-order valence-electron chi connectivity index (χ1n) is 6.50. The van der Waals surface area contributed by atoms with Crippen molar-refractivity contribution in [2.45, 2.75) is 0 Å². The predicted molar refractivity (Wildman–Crippen MR) is 83.4 cm³/mol. The summed E-state index contributed by atoms with van der Waals surface area (Å²) < 4.78 is 6.40. The third kappa shape index (κ3) is 2.58. The van der Waals surface area contributed by atoms with Gasteiger partial charge in [-0.15, -0.1) is 0 Å². The second-order valence-electron chi connectivity index (χ2n) is 4.67. The number of carbonyl (C=O) groups excluding carboxylic acids is 1. The highest BCUT2D eigenvalue weighted by atomic mass is 35.5. The number of fused-ring (bicyclic) bond motifs is 1. The lowest BCUT2D eigenvalue weighted by molar-refractivity contribution is 0.0728. The lowest BCUT2D eigenvalue weighted by Gasteiger charge is -2.08. The molecule has 5 nitrogen and oxygen atoms in total. The highest BCUT2D eigenvalue weighted by Gasteiger charge is 2.17. The second kappa shape index (κ2) is 5.61. The number of aromatic nitrogens is 2. The number of rotatable bonds is 2. The molecular weight excluding hydrogens is 304 g/mol. The van der Waals surface area contributed by atoms with Gasteiger partial charge in [0.1, 0.15) is 5.75 Å². The van der Waals surface area contributed by atoms with E-state index in [-0.39, 0.29) is 11.3 Å². The van der Waals surface area contributed by atoms with Gasteiger partial charge in [-0.05, 0) is 24.3 Å². The van der Waals surface area contributed by atoms with Crippen molar-refractivity contribution in [3.8, 4) is 5.75 Å². The van der Waals surface area contributed by atoms with Gasteiger partial charge in [0, 0.05) is 17.5 Å². The Morgan fingerprint density at radius 1 is 1.14 bits per heavy atom. The Hall–Kier alpha value is -2.66. The lowest BCUT2D eigenvalue weighted by Crippen LogP contribution is -2.24. The summed E-state index contributed by atoms with van der Waals surface area (Å²) in [6.07, 6.45) is 0. The second-order valence-corrected chi connectivity index (χ2v) is 5.11. The summed E-state index contributed by atoms with van der Waals surface area (Å²) in [5.41, 5.74) is -0.187. The van der Waals surface area contributed by atoms with Gasteiger partial charge in [0.2, 0.25) is 0 Å². The summed E-state index contributed by atoms with van der Waals surface area (Å²) in [6.45, 7) is 0. The first-order valence-corrected chi connectivity index (χ1v) is 6.88. The van der Waals surface area contributed by atoms with Crippen LogP contribution < -0.4 is 10.3 Å². The number of nitrogens with zero attached hydrogens (tertiary/aromatic N) is 2. The van der Waals surface area contributed by atoms with E-state index in [0.717, 1.165) is 4.68 Å². The molecule has 110 valence electrons. The van der Waals surface area contributed by atoms with Gasteiger partial charge in [0.15, 0.2) is 5.69 Å². The fraction of sp³-hybridized carbons (Fsp3) is 0.0625. The zero-order valence-corrected chi connectivity index (χ0v) is 12.4. The highest BCUT2D eigenvalue weighted by molar-refractivity contribution is 6.30. The summed E-state index contributed by atoms with van der Waals surface area (Å²) in [4.78, 5) is 24.4. The molecule has 22 heavy (non-hydrogen) atoms. The minimum absolute atomic E-state index is 0.0812. The average Bonchev–Trinajstić information content (AvgIpc) is 2.51. The largest absolute Gasteiger partial charge is 0.422 e. The molecule has 1 aromatic heterocycles. The molecule has 0 bridgehead atoms. The van der Waals surface area contributed by atoms with Crippen LogP contribution in [-0.2, 0) is 7.05 Å². The van der Waals surface area contributed by atoms with E-state index in [1.54, 1.807) is 42.5 Å². The van der Waals surface area contributed by atoms with Crippen molar-refractivity contribution in [3.05, 3.63) is 69.6 Å². The van der Waals surface area contributed by atoms with Crippen LogP contribution >= 0.6 is 11.6 Å². The number of hydrogen-bond acceptors (Lipinski definition) is 4. The number of ether oxygens (including phenoxy) is 1. The summed E-state index contributed by atoms with van der Waals surface area (Å²) >= 11 is 5.86. The number of aryl methyl sites for hydroxylation is 1. The third-order valence-electron chi connectivity index (χ3n) is 3.16. The third-order valence-corrected chi connectivity index (χ3v) is 3.39. The van der Waals surface area contributed by atoms with Gasteiger partial charge in [0.05, 0.1) is 5.39 Å². The van der Waals surface area contributed by atoms with Crippen LogP contribution in [0.15, 0.2) is 53.3 Å². The molecule has 0 aliphatic rings. The quantitative estimate of drug-likeness (QED) is 0.539.